The normalized spacial score (nSPS) is 11.1. The molecular weight excluding hydrogens is 364 g/mol. The van der Waals surface area contributed by atoms with Crippen LogP contribution in [0.5, 0.6) is 5.75 Å². The Bertz CT molecular complexity index is 906. The number of hydrogen-bond donors (Lipinski definition) is 1. The molecule has 0 aliphatic heterocycles. The van der Waals surface area contributed by atoms with Gasteiger partial charge in [0, 0.05) is 32.5 Å². The van der Waals surface area contributed by atoms with Gasteiger partial charge in [0.15, 0.2) is 0 Å². The predicted octanol–water partition coefficient (Wildman–Crippen LogP) is 3.12. The molecule has 1 N–H and O–H groups in total. The number of nitrogens with one attached hydrogen (secondary N) is 1. The van der Waals surface area contributed by atoms with Gasteiger partial charge in [0.05, 0.1) is 17.6 Å². The number of carbonyl (C=O) groups is 1. The summed E-state index contributed by atoms with van der Waals surface area (Å²) in [4.78, 5) is 19.1. The third-order valence-corrected chi connectivity index (χ3v) is 4.74. The van der Waals surface area contributed by atoms with Crippen LogP contribution in [0.3, 0.4) is 0 Å². The van der Waals surface area contributed by atoms with E-state index in [1.54, 1.807) is 0 Å². The summed E-state index contributed by atoms with van der Waals surface area (Å²) in [7, 11) is 4.14. The monoisotopic (exact) mass is 394 g/mol. The number of para-hydroxylation sites is 3. The van der Waals surface area contributed by atoms with Crippen molar-refractivity contribution >= 4 is 16.9 Å². The molecule has 1 amide bonds. The van der Waals surface area contributed by atoms with Gasteiger partial charge in [0.25, 0.3) is 0 Å². The van der Waals surface area contributed by atoms with Crippen LogP contribution in [0.2, 0.25) is 0 Å². The predicted molar refractivity (Wildman–Crippen MR) is 116 cm³/mol. The van der Waals surface area contributed by atoms with E-state index in [9.17, 15) is 4.79 Å². The van der Waals surface area contributed by atoms with Gasteiger partial charge < -0.3 is 19.5 Å². The topological polar surface area (TPSA) is 59.4 Å². The molecule has 0 unspecified atom stereocenters. The summed E-state index contributed by atoms with van der Waals surface area (Å²) in [6.07, 6.45) is 1.88. The van der Waals surface area contributed by atoms with Crippen molar-refractivity contribution in [1.29, 1.82) is 0 Å². The standard InChI is InChI=1S/C23H30N4O2/c1-26(2)16-17-27-21-12-7-6-11-20(21)25-22(27)14-15-24-23(28)13-8-18-29-19-9-4-3-5-10-19/h3-7,9-12H,8,13-18H2,1-2H3,(H,24,28). The Hall–Kier alpha value is -2.86. The van der Waals surface area contributed by atoms with Crippen molar-refractivity contribution in [2.75, 3.05) is 33.8 Å². The molecule has 3 aromatic rings. The van der Waals surface area contributed by atoms with Crippen LogP contribution in [0.15, 0.2) is 54.6 Å². The molecule has 6 heteroatoms. The molecule has 2 aromatic carbocycles. The first-order valence-electron chi connectivity index (χ1n) is 10.2. The second-order valence-electron chi connectivity index (χ2n) is 7.34. The summed E-state index contributed by atoms with van der Waals surface area (Å²) >= 11 is 0. The molecule has 0 atom stereocenters. The highest BCUT2D eigenvalue weighted by Gasteiger charge is 2.11. The van der Waals surface area contributed by atoms with Crippen molar-refractivity contribution in [2.24, 2.45) is 0 Å². The Kier molecular flexibility index (Phi) is 7.64. The first-order chi connectivity index (χ1) is 14.1. The average Bonchev–Trinajstić information content (AvgIpc) is 3.08. The number of rotatable bonds is 11. The summed E-state index contributed by atoms with van der Waals surface area (Å²) < 4.78 is 7.89. The van der Waals surface area contributed by atoms with Crippen LogP contribution in [0.25, 0.3) is 11.0 Å². The number of imidazole rings is 1. The Labute approximate surface area is 172 Å². The molecule has 1 heterocycles. The van der Waals surface area contributed by atoms with Crippen molar-refractivity contribution in [2.45, 2.75) is 25.8 Å². The van der Waals surface area contributed by atoms with Gasteiger partial charge in [0.1, 0.15) is 11.6 Å². The molecule has 0 saturated heterocycles. The highest BCUT2D eigenvalue weighted by atomic mass is 16.5. The number of nitrogens with zero attached hydrogens (tertiary/aromatic N) is 3. The summed E-state index contributed by atoms with van der Waals surface area (Å²) in [5.41, 5.74) is 2.15. The lowest BCUT2D eigenvalue weighted by Gasteiger charge is -2.13. The van der Waals surface area contributed by atoms with Crippen molar-refractivity contribution in [3.05, 3.63) is 60.4 Å². The van der Waals surface area contributed by atoms with Crippen molar-refractivity contribution in [3.8, 4) is 5.75 Å². The van der Waals surface area contributed by atoms with Gasteiger partial charge in [-0.2, -0.15) is 0 Å². The van der Waals surface area contributed by atoms with Crippen LogP contribution in [0.1, 0.15) is 18.7 Å². The van der Waals surface area contributed by atoms with E-state index in [2.05, 4.69) is 34.9 Å². The molecule has 0 fully saturated rings. The zero-order valence-corrected chi connectivity index (χ0v) is 17.3. The van der Waals surface area contributed by atoms with Gasteiger partial charge in [-0.3, -0.25) is 4.79 Å². The van der Waals surface area contributed by atoms with E-state index in [0.29, 0.717) is 32.4 Å². The van der Waals surface area contributed by atoms with Crippen molar-refractivity contribution in [1.82, 2.24) is 19.8 Å². The zero-order chi connectivity index (χ0) is 20.5. The zero-order valence-electron chi connectivity index (χ0n) is 17.3. The van der Waals surface area contributed by atoms with Crippen molar-refractivity contribution in [3.63, 3.8) is 0 Å². The lowest BCUT2D eigenvalue weighted by atomic mass is 10.3. The smallest absolute Gasteiger partial charge is 0.220 e. The summed E-state index contributed by atoms with van der Waals surface area (Å²) in [6.45, 7) is 2.95. The molecule has 0 radical (unpaired) electrons. The quantitative estimate of drug-likeness (QED) is 0.508. The fraction of sp³-hybridized carbons (Fsp3) is 0.391. The maximum Gasteiger partial charge on any atom is 0.220 e. The number of carbonyl (C=O) groups excluding carboxylic acids is 1. The van der Waals surface area contributed by atoms with E-state index in [-0.39, 0.29) is 5.91 Å². The molecule has 6 nitrogen and oxygen atoms in total. The SMILES string of the molecule is CN(C)CCn1c(CCNC(=O)CCCOc2ccccc2)nc2ccccc21. The third-order valence-electron chi connectivity index (χ3n) is 4.74. The first kappa shape index (κ1) is 20.9. The molecule has 29 heavy (non-hydrogen) atoms. The number of amides is 1. The summed E-state index contributed by atoms with van der Waals surface area (Å²) in [5, 5.41) is 3.01. The van der Waals surface area contributed by atoms with Crippen LogP contribution in [0, 0.1) is 0 Å². The molecule has 0 spiro atoms. The van der Waals surface area contributed by atoms with Gasteiger partial charge in [-0.05, 0) is 44.8 Å². The molecule has 0 aliphatic carbocycles. The van der Waals surface area contributed by atoms with Gasteiger partial charge in [-0.1, -0.05) is 30.3 Å². The largest absolute Gasteiger partial charge is 0.494 e. The van der Waals surface area contributed by atoms with Crippen LogP contribution in [0.4, 0.5) is 0 Å². The van der Waals surface area contributed by atoms with E-state index in [0.717, 1.165) is 35.7 Å². The Balaban J connectivity index is 1.45. The van der Waals surface area contributed by atoms with Crippen LogP contribution in [-0.2, 0) is 17.8 Å². The second-order valence-corrected chi connectivity index (χ2v) is 7.34. The molecule has 1 aromatic heterocycles. The fourth-order valence-electron chi connectivity index (χ4n) is 3.21. The number of ether oxygens (including phenoxy) is 1. The van der Waals surface area contributed by atoms with Gasteiger partial charge in [0.2, 0.25) is 5.91 Å². The van der Waals surface area contributed by atoms with Crippen LogP contribution in [-0.4, -0.2) is 54.1 Å². The highest BCUT2D eigenvalue weighted by Crippen LogP contribution is 2.16. The lowest BCUT2D eigenvalue weighted by molar-refractivity contribution is -0.121. The Morgan fingerprint density at radius 1 is 1.10 bits per heavy atom. The molecule has 154 valence electrons. The van der Waals surface area contributed by atoms with E-state index >= 15 is 0 Å². The Morgan fingerprint density at radius 3 is 2.66 bits per heavy atom. The third kappa shape index (κ3) is 6.32. The van der Waals surface area contributed by atoms with Gasteiger partial charge in [-0.25, -0.2) is 4.98 Å². The van der Waals surface area contributed by atoms with E-state index < -0.39 is 0 Å². The molecule has 0 bridgehead atoms. The van der Waals surface area contributed by atoms with E-state index in [1.807, 2.05) is 48.5 Å². The minimum atomic E-state index is 0.0533. The lowest BCUT2D eigenvalue weighted by Crippen LogP contribution is -2.27. The number of likely N-dealkylation sites (N-methyl/N-ethyl adjacent to an activating group) is 1. The molecule has 0 aliphatic rings. The average molecular weight is 395 g/mol. The van der Waals surface area contributed by atoms with E-state index in [4.69, 9.17) is 9.72 Å². The van der Waals surface area contributed by atoms with Gasteiger partial charge in [-0.15, -0.1) is 0 Å². The van der Waals surface area contributed by atoms with Crippen molar-refractivity contribution < 1.29 is 9.53 Å². The highest BCUT2D eigenvalue weighted by molar-refractivity contribution is 5.76. The number of benzene rings is 2. The summed E-state index contributed by atoms with van der Waals surface area (Å²) in [5.74, 6) is 1.91. The number of fused-ring (bicyclic) bond motifs is 1. The molecule has 3 rings (SSSR count). The summed E-state index contributed by atoms with van der Waals surface area (Å²) in [6, 6.07) is 17.9. The van der Waals surface area contributed by atoms with Crippen LogP contribution >= 0.6 is 0 Å². The van der Waals surface area contributed by atoms with Gasteiger partial charge >= 0.3 is 0 Å². The number of hydrogen-bond acceptors (Lipinski definition) is 4. The van der Waals surface area contributed by atoms with Crippen LogP contribution < -0.4 is 10.1 Å². The fourth-order valence-corrected chi connectivity index (χ4v) is 3.21. The maximum atomic E-state index is 12.1. The number of aromatic nitrogens is 2. The second kappa shape index (κ2) is 10.6. The first-order valence-corrected chi connectivity index (χ1v) is 10.2. The minimum Gasteiger partial charge on any atom is -0.494 e. The Morgan fingerprint density at radius 2 is 1.86 bits per heavy atom. The molecule has 0 saturated carbocycles. The maximum absolute atomic E-state index is 12.1. The minimum absolute atomic E-state index is 0.0533. The molecular formula is C23H30N4O2. The van der Waals surface area contributed by atoms with E-state index in [1.165, 1.54) is 0 Å².